The highest BCUT2D eigenvalue weighted by Crippen LogP contribution is 2.22. The van der Waals surface area contributed by atoms with E-state index in [1.807, 2.05) is 37.3 Å². The number of piperazine rings is 1. The van der Waals surface area contributed by atoms with Crippen LogP contribution < -0.4 is 15.0 Å². The van der Waals surface area contributed by atoms with E-state index in [-0.39, 0.29) is 11.9 Å². The number of carbonyl (C=O) groups is 1. The van der Waals surface area contributed by atoms with E-state index >= 15 is 0 Å². The molecule has 0 saturated carbocycles. The lowest BCUT2D eigenvalue weighted by Crippen LogP contribution is -2.53. The van der Waals surface area contributed by atoms with Crippen molar-refractivity contribution in [2.45, 2.75) is 13.0 Å². The Bertz CT molecular complexity index is 998. The highest BCUT2D eigenvalue weighted by molar-refractivity contribution is 6.02. The molecule has 1 aromatic carbocycles. The van der Waals surface area contributed by atoms with Crippen LogP contribution in [-0.4, -0.2) is 65.1 Å². The van der Waals surface area contributed by atoms with E-state index in [0.717, 1.165) is 42.8 Å². The summed E-state index contributed by atoms with van der Waals surface area (Å²) in [5.74, 6) is 1.19. The van der Waals surface area contributed by atoms with Gasteiger partial charge < -0.3 is 15.0 Å². The summed E-state index contributed by atoms with van der Waals surface area (Å²) in [5.41, 5.74) is 1.65. The molecule has 3 heterocycles. The first-order chi connectivity index (χ1) is 14.2. The lowest BCUT2D eigenvalue weighted by atomic mass is 10.1. The predicted molar refractivity (Wildman–Crippen MR) is 112 cm³/mol. The molecule has 1 aliphatic rings. The molecule has 0 radical (unpaired) electrons. The Labute approximate surface area is 169 Å². The van der Waals surface area contributed by atoms with Crippen LogP contribution in [0.1, 0.15) is 6.92 Å². The number of ether oxygens (including phenoxy) is 1. The highest BCUT2D eigenvalue weighted by atomic mass is 16.5. The number of hydrogen-bond donors (Lipinski definition) is 1. The van der Waals surface area contributed by atoms with Crippen molar-refractivity contribution in [3.8, 4) is 5.88 Å². The van der Waals surface area contributed by atoms with E-state index in [0.29, 0.717) is 11.8 Å². The van der Waals surface area contributed by atoms with Crippen LogP contribution in [0.4, 0.5) is 11.6 Å². The molecule has 4 rings (SSSR count). The lowest BCUT2D eigenvalue weighted by Gasteiger charge is -2.37. The third-order valence-corrected chi connectivity index (χ3v) is 5.25. The molecular formula is C21H24N6O2. The van der Waals surface area contributed by atoms with E-state index in [1.165, 1.54) is 0 Å². The molecule has 0 aliphatic carbocycles. The zero-order chi connectivity index (χ0) is 20.2. The van der Waals surface area contributed by atoms with Crippen LogP contribution in [0.5, 0.6) is 5.88 Å². The molecule has 1 atom stereocenters. The number of rotatable bonds is 5. The first-order valence-electron chi connectivity index (χ1n) is 9.66. The fourth-order valence-electron chi connectivity index (χ4n) is 3.52. The second-order valence-electron chi connectivity index (χ2n) is 6.96. The maximum absolute atomic E-state index is 12.9. The molecule has 0 bridgehead atoms. The van der Waals surface area contributed by atoms with Crippen molar-refractivity contribution in [1.29, 1.82) is 0 Å². The number of amides is 1. The number of nitrogens with zero attached hydrogens (tertiary/aromatic N) is 5. The fraction of sp³-hybridized carbons (Fsp3) is 0.333. The van der Waals surface area contributed by atoms with Gasteiger partial charge in [0.25, 0.3) is 0 Å². The predicted octanol–water partition coefficient (Wildman–Crippen LogP) is 2.18. The molecule has 1 fully saturated rings. The minimum atomic E-state index is -0.240. The van der Waals surface area contributed by atoms with Gasteiger partial charge in [-0.2, -0.15) is 4.98 Å². The quantitative estimate of drug-likeness (QED) is 0.712. The van der Waals surface area contributed by atoms with Crippen molar-refractivity contribution in [1.82, 2.24) is 19.9 Å². The van der Waals surface area contributed by atoms with Crippen LogP contribution in [-0.2, 0) is 4.79 Å². The van der Waals surface area contributed by atoms with Gasteiger partial charge in [-0.3, -0.25) is 14.7 Å². The first-order valence-corrected chi connectivity index (χ1v) is 9.66. The van der Waals surface area contributed by atoms with Gasteiger partial charge >= 0.3 is 0 Å². The van der Waals surface area contributed by atoms with Gasteiger partial charge in [0.2, 0.25) is 17.7 Å². The van der Waals surface area contributed by atoms with Crippen molar-refractivity contribution in [2.24, 2.45) is 0 Å². The van der Waals surface area contributed by atoms with Crippen molar-refractivity contribution >= 4 is 28.4 Å². The standard InChI is InChI=1S/C21H24N6O2/c1-15(20(28)24-18-7-3-6-17-16(18)5-4-9-22-17)26-11-13-27(14-12-26)21-23-10-8-19(25-21)29-2/h3-10,15H,11-14H2,1-2H3,(H,24,28)/t15-/m1/s1. The van der Waals surface area contributed by atoms with Gasteiger partial charge in [-0.1, -0.05) is 6.07 Å². The number of anilines is 2. The normalized spacial score (nSPS) is 15.9. The number of pyridine rings is 1. The van der Waals surface area contributed by atoms with Gasteiger partial charge in [-0.25, -0.2) is 4.98 Å². The number of aromatic nitrogens is 3. The van der Waals surface area contributed by atoms with Crippen molar-refractivity contribution in [3.63, 3.8) is 0 Å². The van der Waals surface area contributed by atoms with Gasteiger partial charge in [0.05, 0.1) is 24.4 Å². The number of carbonyl (C=O) groups excluding carboxylic acids is 1. The van der Waals surface area contributed by atoms with E-state index < -0.39 is 0 Å². The maximum Gasteiger partial charge on any atom is 0.241 e. The van der Waals surface area contributed by atoms with Crippen LogP contribution >= 0.6 is 0 Å². The number of hydrogen-bond acceptors (Lipinski definition) is 7. The molecule has 3 aromatic rings. The zero-order valence-electron chi connectivity index (χ0n) is 16.6. The molecule has 1 amide bonds. The van der Waals surface area contributed by atoms with Crippen molar-refractivity contribution in [3.05, 3.63) is 48.8 Å². The third-order valence-electron chi connectivity index (χ3n) is 5.25. The van der Waals surface area contributed by atoms with Crippen LogP contribution in [0, 0.1) is 0 Å². The third kappa shape index (κ3) is 4.12. The Morgan fingerprint density at radius 3 is 2.69 bits per heavy atom. The second-order valence-corrected chi connectivity index (χ2v) is 6.96. The highest BCUT2D eigenvalue weighted by Gasteiger charge is 2.27. The Hall–Kier alpha value is -3.26. The Morgan fingerprint density at radius 1 is 1.07 bits per heavy atom. The number of benzene rings is 1. The first kappa shape index (κ1) is 19.1. The minimum absolute atomic E-state index is 0.0209. The van der Waals surface area contributed by atoms with Gasteiger partial charge in [-0.05, 0) is 31.2 Å². The topological polar surface area (TPSA) is 83.5 Å². The molecule has 1 aliphatic heterocycles. The molecule has 8 heteroatoms. The van der Waals surface area contributed by atoms with Crippen LogP contribution in [0.15, 0.2) is 48.8 Å². The molecule has 1 N–H and O–H groups in total. The summed E-state index contributed by atoms with van der Waals surface area (Å²) in [7, 11) is 1.59. The molecule has 8 nitrogen and oxygen atoms in total. The largest absolute Gasteiger partial charge is 0.481 e. The SMILES string of the molecule is COc1ccnc(N2CCN([C@H](C)C(=O)Nc3cccc4ncccc34)CC2)n1. The van der Waals surface area contributed by atoms with Crippen molar-refractivity contribution in [2.75, 3.05) is 43.5 Å². The summed E-state index contributed by atoms with van der Waals surface area (Å²) < 4.78 is 5.18. The van der Waals surface area contributed by atoms with Crippen LogP contribution in [0.3, 0.4) is 0 Å². The van der Waals surface area contributed by atoms with E-state index in [2.05, 4.69) is 30.1 Å². The summed E-state index contributed by atoms with van der Waals surface area (Å²) in [5, 5.41) is 4.00. The Kier molecular flexibility index (Phi) is 5.53. The molecule has 150 valence electrons. The summed E-state index contributed by atoms with van der Waals surface area (Å²) in [6.07, 6.45) is 3.45. The van der Waals surface area contributed by atoms with Gasteiger partial charge in [-0.15, -0.1) is 0 Å². The molecule has 0 unspecified atom stereocenters. The molecule has 2 aromatic heterocycles. The van der Waals surface area contributed by atoms with Crippen LogP contribution in [0.25, 0.3) is 10.9 Å². The number of fused-ring (bicyclic) bond motifs is 1. The second kappa shape index (κ2) is 8.40. The molecule has 1 saturated heterocycles. The summed E-state index contributed by atoms with van der Waals surface area (Å²) >= 11 is 0. The van der Waals surface area contributed by atoms with E-state index in [1.54, 1.807) is 25.6 Å². The smallest absolute Gasteiger partial charge is 0.241 e. The summed E-state index contributed by atoms with van der Waals surface area (Å²) in [6, 6.07) is 11.1. The van der Waals surface area contributed by atoms with Crippen LogP contribution in [0.2, 0.25) is 0 Å². The monoisotopic (exact) mass is 392 g/mol. The number of methoxy groups -OCH3 is 1. The molecule has 29 heavy (non-hydrogen) atoms. The lowest BCUT2D eigenvalue weighted by molar-refractivity contribution is -0.120. The fourth-order valence-corrected chi connectivity index (χ4v) is 3.52. The number of nitrogens with one attached hydrogen (secondary N) is 1. The Morgan fingerprint density at radius 2 is 1.90 bits per heavy atom. The Balaban J connectivity index is 1.39. The average Bonchev–Trinajstić information content (AvgIpc) is 2.79. The maximum atomic E-state index is 12.9. The average molecular weight is 392 g/mol. The molecular weight excluding hydrogens is 368 g/mol. The van der Waals surface area contributed by atoms with Gasteiger partial charge in [0.1, 0.15) is 0 Å². The minimum Gasteiger partial charge on any atom is -0.481 e. The summed E-state index contributed by atoms with van der Waals surface area (Å²) in [6.45, 7) is 4.96. The van der Waals surface area contributed by atoms with E-state index in [9.17, 15) is 4.79 Å². The summed E-state index contributed by atoms with van der Waals surface area (Å²) in [4.78, 5) is 30.2. The van der Waals surface area contributed by atoms with Gasteiger partial charge in [0.15, 0.2) is 0 Å². The van der Waals surface area contributed by atoms with E-state index in [4.69, 9.17) is 4.74 Å². The van der Waals surface area contributed by atoms with Gasteiger partial charge in [0, 0.05) is 50.0 Å². The molecule has 0 spiro atoms. The van der Waals surface area contributed by atoms with Crippen molar-refractivity contribution < 1.29 is 9.53 Å². The zero-order valence-corrected chi connectivity index (χ0v) is 16.6.